The molecule has 1 aliphatic heterocycles. The fourth-order valence-electron chi connectivity index (χ4n) is 3.32. The summed E-state index contributed by atoms with van der Waals surface area (Å²) in [7, 11) is 0. The summed E-state index contributed by atoms with van der Waals surface area (Å²) < 4.78 is 1.89. The lowest BCUT2D eigenvalue weighted by molar-refractivity contribution is 0.140. The van der Waals surface area contributed by atoms with E-state index in [4.69, 9.17) is 0 Å². The third-order valence-electron chi connectivity index (χ3n) is 4.72. The molecule has 0 unspecified atom stereocenters. The lowest BCUT2D eigenvalue weighted by Gasteiger charge is -2.35. The molecule has 4 aromatic rings. The average molecular weight is 360 g/mol. The number of aliphatic hydroxyl groups excluding tert-OH is 1. The molecular formula is C19H16N6O2. The van der Waals surface area contributed by atoms with Gasteiger partial charge in [-0.25, -0.2) is 15.0 Å². The monoisotopic (exact) mass is 360 g/mol. The van der Waals surface area contributed by atoms with E-state index in [2.05, 4.69) is 19.9 Å². The minimum atomic E-state index is -0.318. The number of fused-ring (bicyclic) bond motifs is 1. The summed E-state index contributed by atoms with van der Waals surface area (Å²) in [6.07, 6.45) is 6.37. The van der Waals surface area contributed by atoms with E-state index in [9.17, 15) is 9.90 Å². The molecule has 27 heavy (non-hydrogen) atoms. The Bertz CT molecular complexity index is 1160. The first-order chi connectivity index (χ1) is 13.2. The topological polar surface area (TPSA) is 99.9 Å². The number of para-hydroxylation sites is 1. The van der Waals surface area contributed by atoms with Gasteiger partial charge in [-0.2, -0.15) is 0 Å². The van der Waals surface area contributed by atoms with Crippen molar-refractivity contribution in [2.24, 2.45) is 0 Å². The van der Waals surface area contributed by atoms with E-state index < -0.39 is 0 Å². The summed E-state index contributed by atoms with van der Waals surface area (Å²) in [6.45, 7) is 1.08. The standard InChI is InChI=1S/C19H16N6O2/c26-14-8-24(9-14)19-20-6-12(7-21-19)15-10-25(13-4-2-1-3-5-13)17-16(15)18(27)23-11-22-17/h1-7,10-11,14,26H,8-9H2,(H,22,23,27). The van der Waals surface area contributed by atoms with Gasteiger partial charge in [0.05, 0.1) is 17.8 Å². The Morgan fingerprint density at radius 2 is 1.81 bits per heavy atom. The van der Waals surface area contributed by atoms with E-state index >= 15 is 0 Å². The first-order valence-corrected chi connectivity index (χ1v) is 8.60. The van der Waals surface area contributed by atoms with Crippen molar-refractivity contribution >= 4 is 17.0 Å². The molecule has 0 spiro atoms. The fraction of sp³-hybridized carbons (Fsp3) is 0.158. The van der Waals surface area contributed by atoms with E-state index in [1.807, 2.05) is 46.0 Å². The minimum Gasteiger partial charge on any atom is -0.389 e. The molecule has 0 saturated carbocycles. The van der Waals surface area contributed by atoms with Crippen LogP contribution >= 0.6 is 0 Å². The van der Waals surface area contributed by atoms with Gasteiger partial charge < -0.3 is 19.6 Å². The molecule has 1 aliphatic rings. The number of nitrogens with zero attached hydrogens (tertiary/aromatic N) is 5. The predicted molar refractivity (Wildman–Crippen MR) is 101 cm³/mol. The van der Waals surface area contributed by atoms with Gasteiger partial charge in [-0.15, -0.1) is 0 Å². The smallest absolute Gasteiger partial charge is 0.260 e. The summed E-state index contributed by atoms with van der Waals surface area (Å²) in [4.78, 5) is 30.2. The molecule has 0 amide bonds. The summed E-state index contributed by atoms with van der Waals surface area (Å²) in [5.41, 5.74) is 2.74. The average Bonchev–Trinajstić information content (AvgIpc) is 3.07. The van der Waals surface area contributed by atoms with Crippen LogP contribution in [0.3, 0.4) is 0 Å². The van der Waals surface area contributed by atoms with Crippen molar-refractivity contribution < 1.29 is 5.11 Å². The van der Waals surface area contributed by atoms with Crippen LogP contribution in [-0.2, 0) is 0 Å². The molecule has 5 rings (SSSR count). The molecule has 0 radical (unpaired) electrons. The second kappa shape index (κ2) is 6.03. The highest BCUT2D eigenvalue weighted by molar-refractivity contribution is 5.94. The second-order valence-electron chi connectivity index (χ2n) is 6.51. The highest BCUT2D eigenvalue weighted by Gasteiger charge is 2.26. The van der Waals surface area contributed by atoms with Gasteiger partial charge >= 0.3 is 0 Å². The molecule has 2 N–H and O–H groups in total. The number of benzene rings is 1. The molecule has 134 valence electrons. The minimum absolute atomic E-state index is 0.209. The van der Waals surface area contributed by atoms with Crippen LogP contribution < -0.4 is 10.5 Å². The van der Waals surface area contributed by atoms with E-state index in [0.717, 1.165) is 16.8 Å². The van der Waals surface area contributed by atoms with Crippen molar-refractivity contribution in [2.75, 3.05) is 18.0 Å². The van der Waals surface area contributed by atoms with Crippen LogP contribution in [0.2, 0.25) is 0 Å². The van der Waals surface area contributed by atoms with E-state index in [0.29, 0.717) is 30.1 Å². The Kier molecular flexibility index (Phi) is 3.51. The summed E-state index contributed by atoms with van der Waals surface area (Å²) in [5, 5.41) is 9.92. The number of H-pyrrole nitrogens is 1. The van der Waals surface area contributed by atoms with Crippen molar-refractivity contribution in [3.8, 4) is 16.8 Å². The predicted octanol–water partition coefficient (Wildman–Crippen LogP) is 1.35. The molecule has 0 aliphatic carbocycles. The number of β-amino-alcohol motifs (C(OH)–C–C–N with tert-alkyl or cyclic N) is 1. The van der Waals surface area contributed by atoms with Gasteiger partial charge in [-0.05, 0) is 12.1 Å². The van der Waals surface area contributed by atoms with E-state index in [1.54, 1.807) is 12.4 Å². The van der Waals surface area contributed by atoms with Crippen molar-refractivity contribution in [3.63, 3.8) is 0 Å². The number of nitrogens with one attached hydrogen (secondary N) is 1. The lowest BCUT2D eigenvalue weighted by atomic mass is 10.1. The van der Waals surface area contributed by atoms with Gasteiger partial charge in [0.25, 0.3) is 5.56 Å². The Morgan fingerprint density at radius 3 is 2.52 bits per heavy atom. The Balaban J connectivity index is 1.64. The number of aliphatic hydroxyl groups is 1. The molecular weight excluding hydrogens is 344 g/mol. The van der Waals surface area contributed by atoms with E-state index in [1.165, 1.54) is 6.33 Å². The highest BCUT2D eigenvalue weighted by atomic mass is 16.3. The zero-order chi connectivity index (χ0) is 18.4. The third-order valence-corrected chi connectivity index (χ3v) is 4.72. The number of aromatic amines is 1. The Hall–Kier alpha value is -3.52. The van der Waals surface area contributed by atoms with Crippen LogP contribution in [0.1, 0.15) is 0 Å². The number of rotatable bonds is 3. The maximum atomic E-state index is 12.5. The normalized spacial score (nSPS) is 14.5. The SMILES string of the molecule is O=c1[nH]cnc2c1c(-c1cnc(N3CC(O)C3)nc1)cn2-c1ccccc1. The van der Waals surface area contributed by atoms with Gasteiger partial charge in [-0.1, -0.05) is 18.2 Å². The second-order valence-corrected chi connectivity index (χ2v) is 6.51. The lowest BCUT2D eigenvalue weighted by Crippen LogP contribution is -2.51. The van der Waals surface area contributed by atoms with Crippen molar-refractivity contribution in [2.45, 2.75) is 6.10 Å². The number of hydrogen-bond donors (Lipinski definition) is 2. The molecule has 1 saturated heterocycles. The van der Waals surface area contributed by atoms with E-state index in [-0.39, 0.29) is 11.7 Å². The van der Waals surface area contributed by atoms with Crippen LogP contribution in [0.4, 0.5) is 5.95 Å². The van der Waals surface area contributed by atoms with Crippen LogP contribution in [0, 0.1) is 0 Å². The Labute approximate surface area is 153 Å². The fourth-order valence-corrected chi connectivity index (χ4v) is 3.32. The zero-order valence-corrected chi connectivity index (χ0v) is 14.3. The van der Waals surface area contributed by atoms with Gasteiger partial charge in [0.1, 0.15) is 0 Å². The summed E-state index contributed by atoms with van der Waals surface area (Å²) in [5.74, 6) is 0.572. The molecule has 4 heterocycles. The molecule has 1 fully saturated rings. The van der Waals surface area contributed by atoms with Crippen LogP contribution in [0.5, 0.6) is 0 Å². The van der Waals surface area contributed by atoms with Crippen LogP contribution in [0.25, 0.3) is 27.8 Å². The van der Waals surface area contributed by atoms with Crippen LogP contribution in [0.15, 0.2) is 60.0 Å². The van der Waals surface area contributed by atoms with Gasteiger partial charge in [-0.3, -0.25) is 4.79 Å². The maximum Gasteiger partial charge on any atom is 0.260 e. The molecule has 3 aromatic heterocycles. The van der Waals surface area contributed by atoms with Crippen molar-refractivity contribution in [3.05, 3.63) is 65.6 Å². The quantitative estimate of drug-likeness (QED) is 0.572. The Morgan fingerprint density at radius 1 is 1.07 bits per heavy atom. The summed E-state index contributed by atoms with van der Waals surface area (Å²) >= 11 is 0. The summed E-state index contributed by atoms with van der Waals surface area (Å²) in [6, 6.07) is 9.73. The number of aromatic nitrogens is 5. The van der Waals surface area contributed by atoms with Gasteiger partial charge in [0.2, 0.25) is 5.95 Å². The molecule has 0 atom stereocenters. The molecule has 8 heteroatoms. The first-order valence-electron chi connectivity index (χ1n) is 8.60. The van der Waals surface area contributed by atoms with Crippen molar-refractivity contribution in [1.82, 2.24) is 24.5 Å². The molecule has 0 bridgehead atoms. The van der Waals surface area contributed by atoms with Crippen LogP contribution in [-0.4, -0.2) is 48.8 Å². The highest BCUT2D eigenvalue weighted by Crippen LogP contribution is 2.29. The van der Waals surface area contributed by atoms with Crippen molar-refractivity contribution in [1.29, 1.82) is 0 Å². The van der Waals surface area contributed by atoms with Gasteiger partial charge in [0.15, 0.2) is 5.65 Å². The third kappa shape index (κ3) is 2.58. The largest absolute Gasteiger partial charge is 0.389 e. The maximum absolute atomic E-state index is 12.5. The number of anilines is 1. The molecule has 8 nitrogen and oxygen atoms in total. The first kappa shape index (κ1) is 15.7. The molecule has 1 aromatic carbocycles. The van der Waals surface area contributed by atoms with Gasteiger partial charge in [0, 0.05) is 48.5 Å². The zero-order valence-electron chi connectivity index (χ0n) is 14.3. The number of hydrogen-bond acceptors (Lipinski definition) is 6.